The van der Waals surface area contributed by atoms with E-state index in [4.69, 9.17) is 0 Å². The summed E-state index contributed by atoms with van der Waals surface area (Å²) in [6.45, 7) is 0. The van der Waals surface area contributed by atoms with Crippen LogP contribution in [0.25, 0.3) is 5.69 Å². The molecule has 4 rings (SSSR count). The first-order chi connectivity index (χ1) is 13.5. The van der Waals surface area contributed by atoms with Crippen molar-refractivity contribution >= 4 is 17.5 Å². The number of hydrogen-bond donors (Lipinski definition) is 2. The van der Waals surface area contributed by atoms with Crippen molar-refractivity contribution in [2.45, 2.75) is 18.9 Å². The number of carbonyl (C=O) groups is 2. The van der Waals surface area contributed by atoms with Crippen LogP contribution in [-0.2, 0) is 0 Å². The van der Waals surface area contributed by atoms with E-state index >= 15 is 0 Å². The Morgan fingerprint density at radius 3 is 2.46 bits per heavy atom. The number of nitrogens with one attached hydrogen (secondary N) is 2. The van der Waals surface area contributed by atoms with Crippen LogP contribution in [0, 0.1) is 11.6 Å². The minimum atomic E-state index is -0.946. The van der Waals surface area contributed by atoms with Crippen molar-refractivity contribution in [2.24, 2.45) is 0 Å². The Bertz CT molecular complexity index is 1050. The largest absolute Gasteiger partial charge is 0.346 e. The predicted molar refractivity (Wildman–Crippen MR) is 94.0 cm³/mol. The van der Waals surface area contributed by atoms with Gasteiger partial charge in [-0.1, -0.05) is 0 Å². The lowest BCUT2D eigenvalue weighted by Gasteiger charge is -2.07. The number of anilines is 1. The van der Waals surface area contributed by atoms with Crippen molar-refractivity contribution < 1.29 is 18.4 Å². The summed E-state index contributed by atoms with van der Waals surface area (Å²) in [6.07, 6.45) is 1.91. The first-order valence-electron chi connectivity index (χ1n) is 8.47. The summed E-state index contributed by atoms with van der Waals surface area (Å²) in [6, 6.07) is 9.22. The first-order valence-corrected chi connectivity index (χ1v) is 8.47. The number of amides is 2. The highest BCUT2D eigenvalue weighted by Crippen LogP contribution is 2.19. The van der Waals surface area contributed by atoms with Gasteiger partial charge in [0.15, 0.2) is 0 Å². The molecule has 0 aliphatic heterocycles. The molecule has 0 saturated heterocycles. The van der Waals surface area contributed by atoms with Gasteiger partial charge >= 0.3 is 0 Å². The summed E-state index contributed by atoms with van der Waals surface area (Å²) in [5, 5.41) is 16.9. The fourth-order valence-corrected chi connectivity index (χ4v) is 2.44. The second-order valence-electron chi connectivity index (χ2n) is 6.28. The highest BCUT2D eigenvalue weighted by Gasteiger charge is 2.25. The summed E-state index contributed by atoms with van der Waals surface area (Å²) >= 11 is 0. The van der Waals surface area contributed by atoms with Gasteiger partial charge in [0.25, 0.3) is 17.6 Å². The number of hydrogen-bond acceptors (Lipinski definition) is 5. The zero-order valence-electron chi connectivity index (χ0n) is 14.4. The minimum Gasteiger partial charge on any atom is -0.346 e. The van der Waals surface area contributed by atoms with Crippen molar-refractivity contribution in [2.75, 3.05) is 5.32 Å². The smallest absolute Gasteiger partial charge is 0.293 e. The summed E-state index contributed by atoms with van der Waals surface area (Å²) in [4.78, 5) is 25.2. The summed E-state index contributed by atoms with van der Waals surface area (Å²) in [5.74, 6) is -2.82. The van der Waals surface area contributed by atoms with Gasteiger partial charge in [0.2, 0.25) is 0 Å². The zero-order valence-corrected chi connectivity index (χ0v) is 14.4. The molecule has 2 amide bonds. The summed E-state index contributed by atoms with van der Waals surface area (Å²) < 4.78 is 26.6. The molecule has 0 unspecified atom stereocenters. The zero-order chi connectivity index (χ0) is 19.7. The van der Waals surface area contributed by atoms with Gasteiger partial charge < -0.3 is 10.6 Å². The third kappa shape index (κ3) is 3.85. The van der Waals surface area contributed by atoms with Crippen LogP contribution in [0.4, 0.5) is 14.5 Å². The third-order valence-corrected chi connectivity index (χ3v) is 4.06. The summed E-state index contributed by atoms with van der Waals surface area (Å²) in [7, 11) is 0. The molecule has 2 N–H and O–H groups in total. The lowest BCUT2D eigenvalue weighted by Crippen LogP contribution is -2.26. The van der Waals surface area contributed by atoms with Gasteiger partial charge in [0, 0.05) is 17.8 Å². The molecule has 1 aromatic heterocycles. The summed E-state index contributed by atoms with van der Waals surface area (Å²) in [5.41, 5.74) is 0.642. The predicted octanol–water partition coefficient (Wildman–Crippen LogP) is 2.08. The van der Waals surface area contributed by atoms with Gasteiger partial charge in [-0.15, -0.1) is 15.0 Å². The van der Waals surface area contributed by atoms with Gasteiger partial charge in [-0.3, -0.25) is 9.59 Å². The van der Waals surface area contributed by atoms with E-state index in [2.05, 4.69) is 26.0 Å². The maximum Gasteiger partial charge on any atom is 0.293 e. The quantitative estimate of drug-likeness (QED) is 0.701. The Balaban J connectivity index is 1.44. The second kappa shape index (κ2) is 7.14. The van der Waals surface area contributed by atoms with E-state index in [1.54, 1.807) is 24.3 Å². The lowest BCUT2D eigenvalue weighted by molar-refractivity contribution is 0.0939. The number of halogens is 2. The number of benzene rings is 2. The molecule has 1 heterocycles. The van der Waals surface area contributed by atoms with Gasteiger partial charge in [-0.25, -0.2) is 8.78 Å². The number of rotatable bonds is 5. The van der Waals surface area contributed by atoms with Crippen molar-refractivity contribution in [1.82, 2.24) is 25.5 Å². The van der Waals surface area contributed by atoms with Crippen LogP contribution >= 0.6 is 0 Å². The van der Waals surface area contributed by atoms with Gasteiger partial charge in [0.05, 0.1) is 11.3 Å². The van der Waals surface area contributed by atoms with Crippen molar-refractivity contribution in [1.29, 1.82) is 0 Å². The van der Waals surface area contributed by atoms with Crippen molar-refractivity contribution in [3.05, 3.63) is 65.5 Å². The van der Waals surface area contributed by atoms with E-state index < -0.39 is 17.5 Å². The van der Waals surface area contributed by atoms with E-state index in [9.17, 15) is 18.4 Å². The van der Waals surface area contributed by atoms with Crippen LogP contribution in [-0.4, -0.2) is 38.1 Å². The molecule has 0 spiro atoms. The van der Waals surface area contributed by atoms with Crippen LogP contribution in [0.1, 0.15) is 33.8 Å². The molecule has 1 saturated carbocycles. The molecular formula is C18H14F2N6O2. The number of nitrogens with zero attached hydrogens (tertiary/aromatic N) is 4. The SMILES string of the molecule is O=C(NC1CC1)c1nnn(-c2ccc(NC(=O)c3ccc(F)cc3F)cc2)n1. The van der Waals surface area contributed by atoms with E-state index in [-0.39, 0.29) is 23.3 Å². The molecule has 3 aromatic rings. The monoisotopic (exact) mass is 384 g/mol. The molecule has 0 bridgehead atoms. The van der Waals surface area contributed by atoms with Crippen molar-refractivity contribution in [3.63, 3.8) is 0 Å². The second-order valence-corrected chi connectivity index (χ2v) is 6.28. The lowest BCUT2D eigenvalue weighted by atomic mass is 10.2. The maximum atomic E-state index is 13.7. The Morgan fingerprint density at radius 1 is 1.04 bits per heavy atom. The number of aromatic nitrogens is 4. The highest BCUT2D eigenvalue weighted by molar-refractivity contribution is 6.04. The Kier molecular flexibility index (Phi) is 4.52. The average Bonchev–Trinajstić information content (AvgIpc) is 3.34. The third-order valence-electron chi connectivity index (χ3n) is 4.06. The molecule has 142 valence electrons. The molecule has 28 heavy (non-hydrogen) atoms. The standard InChI is InChI=1S/C18H14F2N6O2/c19-10-1-8-14(15(20)9-10)17(27)21-12-4-6-13(7-5-12)26-24-16(23-25-26)18(28)22-11-2-3-11/h1,4-9,11H,2-3H2,(H,21,27)(H,22,28). The highest BCUT2D eigenvalue weighted by atomic mass is 19.1. The minimum absolute atomic E-state index is 0.0314. The normalized spacial score (nSPS) is 13.2. The van der Waals surface area contributed by atoms with E-state index in [0.29, 0.717) is 17.4 Å². The molecule has 1 aliphatic carbocycles. The van der Waals surface area contributed by atoms with E-state index in [1.807, 2.05) is 0 Å². The topological polar surface area (TPSA) is 102 Å². The molecule has 8 nitrogen and oxygen atoms in total. The van der Waals surface area contributed by atoms with Gasteiger partial charge in [0.1, 0.15) is 11.6 Å². The molecule has 0 radical (unpaired) electrons. The Morgan fingerprint density at radius 2 is 1.79 bits per heavy atom. The van der Waals surface area contributed by atoms with Crippen LogP contribution in [0.2, 0.25) is 0 Å². The molecule has 0 atom stereocenters. The van der Waals surface area contributed by atoms with Crippen LogP contribution < -0.4 is 10.6 Å². The van der Waals surface area contributed by atoms with E-state index in [0.717, 1.165) is 25.0 Å². The van der Waals surface area contributed by atoms with Gasteiger partial charge in [-0.05, 0) is 54.5 Å². The Labute approximate surface area is 157 Å². The molecule has 2 aromatic carbocycles. The number of carbonyl (C=O) groups excluding carboxylic acids is 2. The van der Waals surface area contributed by atoms with Crippen LogP contribution in [0.5, 0.6) is 0 Å². The average molecular weight is 384 g/mol. The molecular weight excluding hydrogens is 370 g/mol. The van der Waals surface area contributed by atoms with E-state index in [1.165, 1.54) is 4.80 Å². The van der Waals surface area contributed by atoms with Crippen molar-refractivity contribution in [3.8, 4) is 5.69 Å². The fourth-order valence-electron chi connectivity index (χ4n) is 2.44. The Hall–Kier alpha value is -3.69. The van der Waals surface area contributed by atoms with Crippen LogP contribution in [0.15, 0.2) is 42.5 Å². The van der Waals surface area contributed by atoms with Crippen LogP contribution in [0.3, 0.4) is 0 Å². The number of tetrazole rings is 1. The maximum absolute atomic E-state index is 13.7. The van der Waals surface area contributed by atoms with Gasteiger partial charge in [-0.2, -0.15) is 0 Å². The molecule has 1 fully saturated rings. The fraction of sp³-hybridized carbons (Fsp3) is 0.167. The molecule has 1 aliphatic rings. The molecule has 10 heteroatoms. The first kappa shape index (κ1) is 17.7.